The van der Waals surface area contributed by atoms with Crippen molar-refractivity contribution in [3.63, 3.8) is 0 Å². The highest BCUT2D eigenvalue weighted by atomic mass is 32.2. The Labute approximate surface area is 129 Å². The Hall–Kier alpha value is -0.580. The van der Waals surface area contributed by atoms with Gasteiger partial charge in [-0.05, 0) is 43.9 Å². The quantitative estimate of drug-likeness (QED) is 0.896. The van der Waals surface area contributed by atoms with Crippen LogP contribution in [0.5, 0.6) is 0 Å². The number of para-hydroxylation sites is 1. The van der Waals surface area contributed by atoms with E-state index in [4.69, 9.17) is 4.98 Å². The van der Waals surface area contributed by atoms with Crippen molar-refractivity contribution >= 4 is 33.3 Å². The van der Waals surface area contributed by atoms with Gasteiger partial charge < -0.3 is 5.32 Å². The molecule has 0 radical (unpaired) electrons. The minimum absolute atomic E-state index is 0.646. The van der Waals surface area contributed by atoms with Crippen molar-refractivity contribution in [2.75, 3.05) is 6.54 Å². The fourth-order valence-electron chi connectivity index (χ4n) is 2.99. The molecule has 2 aromatic rings. The van der Waals surface area contributed by atoms with Gasteiger partial charge in [0.25, 0.3) is 0 Å². The van der Waals surface area contributed by atoms with Crippen LogP contribution < -0.4 is 5.32 Å². The van der Waals surface area contributed by atoms with Gasteiger partial charge in [0.05, 0.1) is 10.2 Å². The van der Waals surface area contributed by atoms with Crippen LogP contribution in [0.2, 0.25) is 0 Å². The highest BCUT2D eigenvalue weighted by Gasteiger charge is 2.29. The van der Waals surface area contributed by atoms with Crippen LogP contribution in [0.15, 0.2) is 28.6 Å². The van der Waals surface area contributed by atoms with Gasteiger partial charge in [-0.15, -0.1) is 11.3 Å². The molecule has 1 N–H and O–H groups in total. The van der Waals surface area contributed by atoms with E-state index in [1.54, 1.807) is 0 Å². The Kier molecular flexibility index (Phi) is 4.64. The molecule has 1 fully saturated rings. The first-order valence-corrected chi connectivity index (χ1v) is 9.21. The number of rotatable bonds is 4. The molecule has 20 heavy (non-hydrogen) atoms. The molecule has 3 unspecified atom stereocenters. The van der Waals surface area contributed by atoms with Crippen LogP contribution in [0.25, 0.3) is 10.2 Å². The predicted molar refractivity (Wildman–Crippen MR) is 89.7 cm³/mol. The standard InChI is InChI=1S/C16H22N2S2/c1-3-17-12-9-8-11(2)10-15(12)20-16-18-13-6-4-5-7-14(13)19-16/h4-7,11-12,15,17H,3,8-10H2,1-2H3. The molecular formula is C16H22N2S2. The Bertz CT molecular complexity index is 533. The first-order valence-electron chi connectivity index (χ1n) is 7.52. The van der Waals surface area contributed by atoms with Gasteiger partial charge in [0, 0.05) is 11.3 Å². The maximum Gasteiger partial charge on any atom is 0.151 e. The van der Waals surface area contributed by atoms with E-state index >= 15 is 0 Å². The van der Waals surface area contributed by atoms with E-state index in [2.05, 4.69) is 43.4 Å². The van der Waals surface area contributed by atoms with Crippen LogP contribution in [0.3, 0.4) is 0 Å². The van der Waals surface area contributed by atoms with Crippen molar-refractivity contribution in [3.05, 3.63) is 24.3 Å². The van der Waals surface area contributed by atoms with Crippen LogP contribution in [0, 0.1) is 5.92 Å². The molecule has 0 spiro atoms. The lowest BCUT2D eigenvalue weighted by molar-refractivity contribution is 0.320. The second kappa shape index (κ2) is 6.46. The average Bonchev–Trinajstić information content (AvgIpc) is 2.84. The van der Waals surface area contributed by atoms with E-state index in [1.165, 1.54) is 28.3 Å². The Morgan fingerprint density at radius 3 is 3.00 bits per heavy atom. The third kappa shape index (κ3) is 3.18. The number of thioether (sulfide) groups is 1. The van der Waals surface area contributed by atoms with E-state index in [1.807, 2.05) is 23.1 Å². The van der Waals surface area contributed by atoms with Crippen LogP contribution in [0.4, 0.5) is 0 Å². The zero-order valence-electron chi connectivity index (χ0n) is 12.1. The number of aromatic nitrogens is 1. The summed E-state index contributed by atoms with van der Waals surface area (Å²) in [6.45, 7) is 5.65. The smallest absolute Gasteiger partial charge is 0.151 e. The predicted octanol–water partition coefficient (Wildman–Crippen LogP) is 4.56. The molecular weight excluding hydrogens is 284 g/mol. The van der Waals surface area contributed by atoms with E-state index in [-0.39, 0.29) is 0 Å². The normalized spacial score (nSPS) is 27.0. The Balaban J connectivity index is 1.76. The second-order valence-corrected chi connectivity index (χ2v) is 8.20. The zero-order chi connectivity index (χ0) is 13.9. The van der Waals surface area contributed by atoms with Crippen LogP contribution in [-0.2, 0) is 0 Å². The summed E-state index contributed by atoms with van der Waals surface area (Å²) in [5, 5.41) is 4.33. The lowest BCUT2D eigenvalue weighted by Crippen LogP contribution is -2.42. The number of thiazole rings is 1. The molecule has 1 saturated carbocycles. The van der Waals surface area contributed by atoms with E-state index in [0.717, 1.165) is 18.0 Å². The molecule has 0 saturated heterocycles. The first-order chi connectivity index (χ1) is 9.76. The van der Waals surface area contributed by atoms with Crippen LogP contribution >= 0.6 is 23.1 Å². The highest BCUT2D eigenvalue weighted by Crippen LogP contribution is 2.39. The monoisotopic (exact) mass is 306 g/mol. The molecule has 108 valence electrons. The van der Waals surface area contributed by atoms with E-state index < -0.39 is 0 Å². The van der Waals surface area contributed by atoms with Gasteiger partial charge in [0.15, 0.2) is 4.34 Å². The number of fused-ring (bicyclic) bond motifs is 1. The van der Waals surface area contributed by atoms with Crippen molar-refractivity contribution < 1.29 is 0 Å². The van der Waals surface area contributed by atoms with Gasteiger partial charge in [-0.3, -0.25) is 0 Å². The summed E-state index contributed by atoms with van der Waals surface area (Å²) in [6.07, 6.45) is 3.96. The number of hydrogen-bond donors (Lipinski definition) is 1. The summed E-state index contributed by atoms with van der Waals surface area (Å²) in [5.41, 5.74) is 1.14. The van der Waals surface area contributed by atoms with Gasteiger partial charge in [0.1, 0.15) is 0 Å². The van der Waals surface area contributed by atoms with E-state index in [0.29, 0.717) is 11.3 Å². The van der Waals surface area contributed by atoms with Crippen molar-refractivity contribution in [3.8, 4) is 0 Å². The number of benzene rings is 1. The minimum atomic E-state index is 0.646. The number of nitrogens with zero attached hydrogens (tertiary/aromatic N) is 1. The Morgan fingerprint density at radius 1 is 1.35 bits per heavy atom. The summed E-state index contributed by atoms with van der Waals surface area (Å²) in [7, 11) is 0. The maximum atomic E-state index is 4.78. The topological polar surface area (TPSA) is 24.9 Å². The third-order valence-corrected chi connectivity index (χ3v) is 6.53. The molecule has 2 nitrogen and oxygen atoms in total. The second-order valence-electron chi connectivity index (χ2n) is 5.69. The zero-order valence-corrected chi connectivity index (χ0v) is 13.8. The first kappa shape index (κ1) is 14.4. The largest absolute Gasteiger partial charge is 0.313 e. The summed E-state index contributed by atoms with van der Waals surface area (Å²) >= 11 is 3.82. The van der Waals surface area contributed by atoms with Crippen LogP contribution in [0.1, 0.15) is 33.1 Å². The van der Waals surface area contributed by atoms with E-state index in [9.17, 15) is 0 Å². The fourth-order valence-corrected chi connectivity index (χ4v) is 5.75. The molecule has 1 aliphatic rings. The van der Waals surface area contributed by atoms with Crippen molar-refractivity contribution in [2.45, 2.75) is 48.7 Å². The molecule has 0 bridgehead atoms. The highest BCUT2D eigenvalue weighted by molar-refractivity contribution is 8.01. The van der Waals surface area contributed by atoms with Gasteiger partial charge in [-0.1, -0.05) is 37.7 Å². The molecule has 0 amide bonds. The lowest BCUT2D eigenvalue weighted by atomic mass is 9.87. The van der Waals surface area contributed by atoms with Gasteiger partial charge in [0.2, 0.25) is 0 Å². The van der Waals surface area contributed by atoms with Gasteiger partial charge in [-0.25, -0.2) is 4.98 Å². The molecule has 1 aromatic carbocycles. The van der Waals surface area contributed by atoms with Crippen molar-refractivity contribution in [1.29, 1.82) is 0 Å². The third-order valence-electron chi connectivity index (χ3n) is 4.05. The average molecular weight is 307 g/mol. The molecule has 0 aliphatic heterocycles. The fraction of sp³-hybridized carbons (Fsp3) is 0.562. The molecule has 1 aromatic heterocycles. The maximum absolute atomic E-state index is 4.78. The SMILES string of the molecule is CCNC1CCC(C)CC1Sc1nc2ccccc2s1. The number of hydrogen-bond acceptors (Lipinski definition) is 4. The van der Waals surface area contributed by atoms with Crippen LogP contribution in [-0.4, -0.2) is 22.8 Å². The summed E-state index contributed by atoms with van der Waals surface area (Å²) in [4.78, 5) is 4.78. The van der Waals surface area contributed by atoms with Crippen molar-refractivity contribution in [2.24, 2.45) is 5.92 Å². The molecule has 1 aliphatic carbocycles. The molecule has 4 heteroatoms. The van der Waals surface area contributed by atoms with Gasteiger partial charge >= 0.3 is 0 Å². The minimum Gasteiger partial charge on any atom is -0.313 e. The Morgan fingerprint density at radius 2 is 2.20 bits per heavy atom. The molecule has 3 rings (SSSR count). The summed E-state index contributed by atoms with van der Waals surface area (Å²) < 4.78 is 2.53. The summed E-state index contributed by atoms with van der Waals surface area (Å²) in [6, 6.07) is 9.09. The van der Waals surface area contributed by atoms with Gasteiger partial charge in [-0.2, -0.15) is 0 Å². The summed E-state index contributed by atoms with van der Waals surface area (Å²) in [5.74, 6) is 0.844. The molecule has 3 atom stereocenters. The van der Waals surface area contributed by atoms with Crippen molar-refractivity contribution in [1.82, 2.24) is 10.3 Å². The number of nitrogens with one attached hydrogen (secondary N) is 1. The lowest BCUT2D eigenvalue weighted by Gasteiger charge is -2.34. The molecule has 1 heterocycles.